The summed E-state index contributed by atoms with van der Waals surface area (Å²) in [5, 5.41) is 0. The quantitative estimate of drug-likeness (QED) is 0.679. The highest BCUT2D eigenvalue weighted by Gasteiger charge is 2.15. The van der Waals surface area contributed by atoms with Crippen molar-refractivity contribution in [1.82, 2.24) is 0 Å². The maximum atomic E-state index is 11.3. The zero-order valence-electron chi connectivity index (χ0n) is 8.57. The van der Waals surface area contributed by atoms with Crippen LogP contribution in [0.5, 0.6) is 0 Å². The lowest BCUT2D eigenvalue weighted by atomic mass is 10.1. The van der Waals surface area contributed by atoms with Gasteiger partial charge in [0.15, 0.2) is 0 Å². The molecule has 0 saturated carbocycles. The molecule has 0 spiro atoms. The second-order valence-electron chi connectivity index (χ2n) is 3.15. The largest absolute Gasteiger partial charge is 0.465 e. The van der Waals surface area contributed by atoms with Gasteiger partial charge in [0.1, 0.15) is 6.04 Å². The molecule has 0 heterocycles. The number of hydrogen-bond acceptors (Lipinski definition) is 3. The summed E-state index contributed by atoms with van der Waals surface area (Å²) >= 11 is 2.23. The molecule has 0 aliphatic rings. The highest BCUT2D eigenvalue weighted by molar-refractivity contribution is 14.1. The minimum atomic E-state index is -0.569. The molecule has 0 bridgehead atoms. The Labute approximate surface area is 103 Å². The molecule has 1 aromatic rings. The van der Waals surface area contributed by atoms with Crippen molar-refractivity contribution in [1.29, 1.82) is 0 Å². The van der Waals surface area contributed by atoms with Crippen LogP contribution in [0.2, 0.25) is 0 Å². The Hall–Kier alpha value is -0.620. The van der Waals surface area contributed by atoms with Gasteiger partial charge in [-0.3, -0.25) is 4.79 Å². The highest BCUT2D eigenvalue weighted by atomic mass is 127. The van der Waals surface area contributed by atoms with Crippen molar-refractivity contribution in [3.05, 3.63) is 33.4 Å². The van der Waals surface area contributed by atoms with E-state index in [1.807, 2.05) is 24.3 Å². The van der Waals surface area contributed by atoms with E-state index in [-0.39, 0.29) is 5.97 Å². The fourth-order valence-corrected chi connectivity index (χ4v) is 1.84. The Morgan fingerprint density at radius 1 is 1.53 bits per heavy atom. The Balaban J connectivity index is 2.62. The molecule has 4 heteroatoms. The minimum absolute atomic E-state index is 0.336. The molecule has 1 atom stereocenters. The monoisotopic (exact) mass is 319 g/mol. The molecule has 1 rings (SSSR count). The Kier molecular flexibility index (Phi) is 5.04. The molecular weight excluding hydrogens is 305 g/mol. The normalized spacial score (nSPS) is 12.2. The van der Waals surface area contributed by atoms with Gasteiger partial charge in [-0.25, -0.2) is 0 Å². The first kappa shape index (κ1) is 12.4. The molecule has 2 N–H and O–H groups in total. The first-order chi connectivity index (χ1) is 7.15. The molecule has 0 fully saturated rings. The molecule has 3 nitrogen and oxygen atoms in total. The van der Waals surface area contributed by atoms with Crippen LogP contribution in [0.3, 0.4) is 0 Å². The zero-order valence-corrected chi connectivity index (χ0v) is 10.7. The average Bonchev–Trinajstić information content (AvgIpc) is 2.21. The summed E-state index contributed by atoms with van der Waals surface area (Å²) in [5.74, 6) is -0.336. The van der Waals surface area contributed by atoms with Crippen LogP contribution in [-0.2, 0) is 16.0 Å². The first-order valence-electron chi connectivity index (χ1n) is 4.80. The molecule has 82 valence electrons. The van der Waals surface area contributed by atoms with Crippen LogP contribution < -0.4 is 5.73 Å². The number of hydrogen-bond donors (Lipinski definition) is 1. The van der Waals surface area contributed by atoms with Crippen LogP contribution in [0.4, 0.5) is 0 Å². The second-order valence-corrected chi connectivity index (χ2v) is 4.32. The third-order valence-electron chi connectivity index (χ3n) is 1.99. The number of esters is 1. The molecule has 0 aliphatic heterocycles. The summed E-state index contributed by atoms with van der Waals surface area (Å²) < 4.78 is 5.97. The summed E-state index contributed by atoms with van der Waals surface area (Å²) in [4.78, 5) is 11.3. The molecule has 0 aliphatic carbocycles. The summed E-state index contributed by atoms with van der Waals surface area (Å²) in [6, 6.07) is 7.30. The summed E-state index contributed by atoms with van der Waals surface area (Å²) in [6.45, 7) is 2.15. The Morgan fingerprint density at radius 3 is 2.80 bits per heavy atom. The van der Waals surface area contributed by atoms with Gasteiger partial charge < -0.3 is 10.5 Å². The van der Waals surface area contributed by atoms with Gasteiger partial charge in [0.2, 0.25) is 0 Å². The van der Waals surface area contributed by atoms with Crippen LogP contribution in [-0.4, -0.2) is 18.6 Å². The zero-order chi connectivity index (χ0) is 11.3. The van der Waals surface area contributed by atoms with Gasteiger partial charge in [-0.15, -0.1) is 0 Å². The van der Waals surface area contributed by atoms with E-state index in [9.17, 15) is 4.79 Å². The van der Waals surface area contributed by atoms with Crippen molar-refractivity contribution < 1.29 is 9.53 Å². The van der Waals surface area contributed by atoms with E-state index in [0.717, 1.165) is 9.13 Å². The maximum Gasteiger partial charge on any atom is 0.323 e. The molecule has 1 unspecified atom stereocenters. The van der Waals surface area contributed by atoms with E-state index in [4.69, 9.17) is 10.5 Å². The predicted molar refractivity (Wildman–Crippen MR) is 67.5 cm³/mol. The van der Waals surface area contributed by atoms with Crippen LogP contribution in [0.1, 0.15) is 12.5 Å². The van der Waals surface area contributed by atoms with Gasteiger partial charge in [0, 0.05) is 3.57 Å². The van der Waals surface area contributed by atoms with Crippen molar-refractivity contribution in [2.45, 2.75) is 19.4 Å². The van der Waals surface area contributed by atoms with Crippen LogP contribution >= 0.6 is 22.6 Å². The van der Waals surface area contributed by atoms with Crippen molar-refractivity contribution in [3.8, 4) is 0 Å². The van der Waals surface area contributed by atoms with Crippen LogP contribution in [0.15, 0.2) is 24.3 Å². The third kappa shape index (κ3) is 3.79. The maximum absolute atomic E-state index is 11.3. The number of carbonyl (C=O) groups excluding carboxylic acids is 1. The summed E-state index contributed by atoms with van der Waals surface area (Å²) in [5.41, 5.74) is 6.81. The molecule has 1 aromatic carbocycles. The first-order valence-corrected chi connectivity index (χ1v) is 5.88. The Bertz CT molecular complexity index is 341. The van der Waals surface area contributed by atoms with Gasteiger partial charge in [-0.05, 0) is 47.6 Å². The topological polar surface area (TPSA) is 52.3 Å². The molecular formula is C11H14INO2. The second kappa shape index (κ2) is 6.07. The van der Waals surface area contributed by atoms with E-state index < -0.39 is 6.04 Å². The number of benzene rings is 1. The average molecular weight is 319 g/mol. The molecule has 0 radical (unpaired) electrons. The lowest BCUT2D eigenvalue weighted by Crippen LogP contribution is -2.34. The third-order valence-corrected chi connectivity index (χ3v) is 3.04. The lowest BCUT2D eigenvalue weighted by molar-refractivity contribution is -0.144. The van der Waals surface area contributed by atoms with E-state index in [1.165, 1.54) is 0 Å². The molecule has 0 saturated heterocycles. The van der Waals surface area contributed by atoms with Gasteiger partial charge in [-0.1, -0.05) is 18.2 Å². The lowest BCUT2D eigenvalue weighted by Gasteiger charge is -2.11. The number of halogens is 1. The summed E-state index contributed by atoms with van der Waals surface area (Å²) in [6.07, 6.45) is 0.526. The van der Waals surface area contributed by atoms with E-state index in [1.54, 1.807) is 6.92 Å². The van der Waals surface area contributed by atoms with Gasteiger partial charge in [0.05, 0.1) is 6.61 Å². The standard InChI is InChI=1S/C11H14INO2/c1-2-15-11(14)10(13)7-8-5-3-4-6-9(8)12/h3-6,10H,2,7,13H2,1H3. The number of rotatable bonds is 4. The number of carbonyl (C=O) groups is 1. The van der Waals surface area contributed by atoms with Gasteiger partial charge >= 0.3 is 5.97 Å². The highest BCUT2D eigenvalue weighted by Crippen LogP contribution is 2.13. The smallest absolute Gasteiger partial charge is 0.323 e. The van der Waals surface area contributed by atoms with E-state index in [0.29, 0.717) is 13.0 Å². The van der Waals surface area contributed by atoms with Crippen molar-refractivity contribution in [3.63, 3.8) is 0 Å². The fraction of sp³-hybridized carbons (Fsp3) is 0.364. The van der Waals surface area contributed by atoms with Crippen molar-refractivity contribution in [2.75, 3.05) is 6.61 Å². The minimum Gasteiger partial charge on any atom is -0.465 e. The number of nitrogens with two attached hydrogens (primary N) is 1. The molecule has 15 heavy (non-hydrogen) atoms. The summed E-state index contributed by atoms with van der Waals surface area (Å²) in [7, 11) is 0. The fourth-order valence-electron chi connectivity index (χ4n) is 1.23. The Morgan fingerprint density at radius 2 is 2.20 bits per heavy atom. The van der Waals surface area contributed by atoms with E-state index >= 15 is 0 Å². The van der Waals surface area contributed by atoms with Crippen molar-refractivity contribution in [2.24, 2.45) is 5.73 Å². The molecule has 0 amide bonds. The van der Waals surface area contributed by atoms with Gasteiger partial charge in [-0.2, -0.15) is 0 Å². The van der Waals surface area contributed by atoms with Gasteiger partial charge in [0.25, 0.3) is 0 Å². The van der Waals surface area contributed by atoms with E-state index in [2.05, 4.69) is 22.6 Å². The van der Waals surface area contributed by atoms with Crippen LogP contribution in [0, 0.1) is 3.57 Å². The predicted octanol–water partition coefficient (Wildman–Crippen LogP) is 1.72. The van der Waals surface area contributed by atoms with Crippen molar-refractivity contribution >= 4 is 28.6 Å². The number of ether oxygens (including phenoxy) is 1. The molecule has 0 aromatic heterocycles. The van der Waals surface area contributed by atoms with Crippen LogP contribution in [0.25, 0.3) is 0 Å². The SMILES string of the molecule is CCOC(=O)C(N)Cc1ccccc1I.